The second-order valence-corrected chi connectivity index (χ2v) is 5.22. The summed E-state index contributed by atoms with van der Waals surface area (Å²) in [5, 5.41) is 0. The van der Waals surface area contributed by atoms with Gasteiger partial charge < -0.3 is 9.64 Å². The van der Waals surface area contributed by atoms with Crippen LogP contribution in [0.3, 0.4) is 0 Å². The van der Waals surface area contributed by atoms with E-state index in [1.54, 1.807) is 0 Å². The molecule has 3 heteroatoms. The molecular weight excluding hydrogens is 250 g/mol. The van der Waals surface area contributed by atoms with Crippen LogP contribution >= 0.6 is 0 Å². The molecule has 106 valence electrons. The van der Waals surface area contributed by atoms with Crippen LogP contribution in [-0.2, 0) is 9.53 Å². The number of carbonyl (C=O) groups excluding carboxylic acids is 1. The molecule has 0 fully saturated rings. The van der Waals surface area contributed by atoms with E-state index in [9.17, 15) is 4.79 Å². The van der Waals surface area contributed by atoms with E-state index in [0.29, 0.717) is 6.04 Å². The van der Waals surface area contributed by atoms with Crippen LogP contribution in [0.1, 0.15) is 32.3 Å². The van der Waals surface area contributed by atoms with E-state index in [-0.39, 0.29) is 11.9 Å². The van der Waals surface area contributed by atoms with Crippen molar-refractivity contribution in [1.82, 2.24) is 4.90 Å². The first kappa shape index (κ1) is 14.4. The van der Waals surface area contributed by atoms with Crippen molar-refractivity contribution in [3.8, 4) is 0 Å². The molecule has 0 aromatic heterocycles. The van der Waals surface area contributed by atoms with Gasteiger partial charge in [0.1, 0.15) is 0 Å². The minimum atomic E-state index is -0.258. The lowest BCUT2D eigenvalue weighted by Gasteiger charge is -2.33. The van der Waals surface area contributed by atoms with E-state index in [1.165, 1.54) is 7.11 Å². The summed E-state index contributed by atoms with van der Waals surface area (Å²) in [5.74, 6) is -0.301. The Morgan fingerprint density at radius 2 is 1.90 bits per heavy atom. The predicted octanol–water partition coefficient (Wildman–Crippen LogP) is 3.45. The highest BCUT2D eigenvalue weighted by Crippen LogP contribution is 2.34. The molecule has 0 spiro atoms. The molecule has 0 saturated carbocycles. The van der Waals surface area contributed by atoms with Gasteiger partial charge in [-0.1, -0.05) is 36.4 Å². The fraction of sp³-hybridized carbons (Fsp3) is 0.353. The molecule has 0 aliphatic carbocycles. The summed E-state index contributed by atoms with van der Waals surface area (Å²) in [4.78, 5) is 14.3. The number of nitrogens with zero attached hydrogens (tertiary/aromatic N) is 1. The van der Waals surface area contributed by atoms with Gasteiger partial charge in [0.2, 0.25) is 0 Å². The fourth-order valence-corrected chi connectivity index (χ4v) is 2.63. The number of rotatable bonds is 3. The van der Waals surface area contributed by atoms with Crippen molar-refractivity contribution in [2.45, 2.75) is 32.7 Å². The average molecular weight is 271 g/mol. The molecule has 0 radical (unpaired) electrons. The number of esters is 1. The highest BCUT2D eigenvalue weighted by atomic mass is 16.5. The lowest BCUT2D eigenvalue weighted by atomic mass is 9.87. The van der Waals surface area contributed by atoms with Crippen LogP contribution in [0.5, 0.6) is 0 Å². The van der Waals surface area contributed by atoms with E-state index in [0.717, 1.165) is 16.8 Å². The van der Waals surface area contributed by atoms with Crippen molar-refractivity contribution >= 4 is 5.97 Å². The first-order valence-electron chi connectivity index (χ1n) is 6.87. The van der Waals surface area contributed by atoms with Gasteiger partial charge >= 0.3 is 5.97 Å². The molecule has 1 aliphatic rings. The Morgan fingerprint density at radius 3 is 2.45 bits per heavy atom. The summed E-state index contributed by atoms with van der Waals surface area (Å²) in [5.41, 5.74) is 2.78. The molecule has 1 heterocycles. The van der Waals surface area contributed by atoms with Crippen molar-refractivity contribution in [1.29, 1.82) is 0 Å². The molecular formula is C17H21NO2. The van der Waals surface area contributed by atoms with E-state index in [2.05, 4.69) is 31.0 Å². The van der Waals surface area contributed by atoms with Gasteiger partial charge in [-0.25, -0.2) is 4.79 Å². The molecule has 0 N–H and O–H groups in total. The number of benzene rings is 1. The quantitative estimate of drug-likeness (QED) is 0.789. The van der Waals surface area contributed by atoms with E-state index in [1.807, 2.05) is 37.3 Å². The number of hydrogen-bond donors (Lipinski definition) is 0. The molecule has 1 aliphatic heterocycles. The van der Waals surface area contributed by atoms with Crippen molar-refractivity contribution in [2.75, 3.05) is 7.11 Å². The summed E-state index contributed by atoms with van der Waals surface area (Å²) in [6.45, 7) is 6.18. The van der Waals surface area contributed by atoms with Crippen molar-refractivity contribution in [3.63, 3.8) is 0 Å². The smallest absolute Gasteiger partial charge is 0.336 e. The maximum absolute atomic E-state index is 12.2. The number of carbonyl (C=O) groups is 1. The minimum absolute atomic E-state index is 0.0429. The van der Waals surface area contributed by atoms with Gasteiger partial charge in [-0.05, 0) is 26.3 Å². The Hall–Kier alpha value is -2.03. The molecule has 2 rings (SSSR count). The number of ether oxygens (including phenoxy) is 1. The Bertz CT molecular complexity index is 543. The molecule has 20 heavy (non-hydrogen) atoms. The van der Waals surface area contributed by atoms with Gasteiger partial charge in [0, 0.05) is 23.9 Å². The van der Waals surface area contributed by atoms with Crippen molar-refractivity contribution in [3.05, 3.63) is 59.4 Å². The second-order valence-electron chi connectivity index (χ2n) is 5.22. The normalized spacial score (nSPS) is 18.6. The predicted molar refractivity (Wildman–Crippen MR) is 80.0 cm³/mol. The van der Waals surface area contributed by atoms with E-state index < -0.39 is 0 Å². The summed E-state index contributed by atoms with van der Waals surface area (Å²) in [6, 6.07) is 10.3. The lowest BCUT2D eigenvalue weighted by Crippen LogP contribution is -2.30. The zero-order valence-electron chi connectivity index (χ0n) is 12.5. The second kappa shape index (κ2) is 5.95. The van der Waals surface area contributed by atoms with Crippen LogP contribution in [0.4, 0.5) is 0 Å². The van der Waals surface area contributed by atoms with Gasteiger partial charge in [0.25, 0.3) is 0 Å². The first-order chi connectivity index (χ1) is 9.56. The third-order valence-corrected chi connectivity index (χ3v) is 3.65. The molecule has 0 amide bonds. The van der Waals surface area contributed by atoms with Gasteiger partial charge in [0.15, 0.2) is 0 Å². The largest absolute Gasteiger partial charge is 0.466 e. The summed E-state index contributed by atoms with van der Waals surface area (Å²) >= 11 is 0. The molecule has 1 unspecified atom stereocenters. The molecule has 0 bridgehead atoms. The van der Waals surface area contributed by atoms with Gasteiger partial charge in [-0.15, -0.1) is 0 Å². The van der Waals surface area contributed by atoms with E-state index in [4.69, 9.17) is 4.74 Å². The fourth-order valence-electron chi connectivity index (χ4n) is 2.63. The Labute approximate surface area is 120 Å². The van der Waals surface area contributed by atoms with Crippen molar-refractivity contribution in [2.24, 2.45) is 0 Å². The minimum Gasteiger partial charge on any atom is -0.466 e. The SMILES string of the molecule is COC(=O)C1=C(C)N(C(C)C)C=CC1c1ccccc1. The Kier molecular flexibility index (Phi) is 4.28. The third kappa shape index (κ3) is 2.62. The zero-order chi connectivity index (χ0) is 14.7. The summed E-state index contributed by atoms with van der Waals surface area (Å²) in [6.07, 6.45) is 4.12. The molecule has 3 nitrogen and oxygen atoms in total. The number of allylic oxidation sites excluding steroid dienone is 2. The standard InChI is InChI=1S/C17H21NO2/c1-12(2)18-11-10-15(14-8-6-5-7-9-14)16(13(18)3)17(19)20-4/h5-12,15H,1-4H3. The zero-order valence-corrected chi connectivity index (χ0v) is 12.5. The van der Waals surface area contributed by atoms with E-state index >= 15 is 0 Å². The molecule has 1 aromatic rings. The topological polar surface area (TPSA) is 29.5 Å². The number of hydrogen-bond acceptors (Lipinski definition) is 3. The van der Waals surface area contributed by atoms with Crippen LogP contribution in [0.15, 0.2) is 53.9 Å². The van der Waals surface area contributed by atoms with Gasteiger partial charge in [-0.3, -0.25) is 0 Å². The summed E-state index contributed by atoms with van der Waals surface area (Å²) in [7, 11) is 1.43. The van der Waals surface area contributed by atoms with Gasteiger partial charge in [-0.2, -0.15) is 0 Å². The maximum Gasteiger partial charge on any atom is 0.336 e. The van der Waals surface area contributed by atoms with Crippen LogP contribution in [0, 0.1) is 0 Å². The lowest BCUT2D eigenvalue weighted by molar-refractivity contribution is -0.136. The molecule has 1 aromatic carbocycles. The monoisotopic (exact) mass is 271 g/mol. The molecule has 0 saturated heterocycles. The third-order valence-electron chi connectivity index (χ3n) is 3.65. The average Bonchev–Trinajstić information content (AvgIpc) is 2.46. The van der Waals surface area contributed by atoms with Crippen molar-refractivity contribution < 1.29 is 9.53 Å². The van der Waals surface area contributed by atoms with Crippen LogP contribution in [0.25, 0.3) is 0 Å². The molecule has 1 atom stereocenters. The maximum atomic E-state index is 12.2. The Balaban J connectivity index is 2.48. The highest BCUT2D eigenvalue weighted by molar-refractivity contribution is 5.91. The van der Waals surface area contributed by atoms with Gasteiger partial charge in [0.05, 0.1) is 12.7 Å². The van der Waals surface area contributed by atoms with Crippen LogP contribution in [-0.4, -0.2) is 24.0 Å². The summed E-state index contributed by atoms with van der Waals surface area (Å²) < 4.78 is 4.98. The van der Waals surface area contributed by atoms with Crippen LogP contribution < -0.4 is 0 Å². The highest BCUT2D eigenvalue weighted by Gasteiger charge is 2.29. The Morgan fingerprint density at radius 1 is 1.25 bits per heavy atom. The number of methoxy groups -OCH3 is 1. The van der Waals surface area contributed by atoms with Crippen LogP contribution in [0.2, 0.25) is 0 Å². The first-order valence-corrected chi connectivity index (χ1v) is 6.87.